The first kappa shape index (κ1) is 19.1. The lowest BCUT2D eigenvalue weighted by molar-refractivity contribution is -0.165. The number of amides is 1. The highest BCUT2D eigenvalue weighted by molar-refractivity contribution is 5.88. The number of hydrogen-bond acceptors (Lipinski definition) is 4. The summed E-state index contributed by atoms with van der Waals surface area (Å²) in [5.74, 6) is -1.26. The molecule has 1 aromatic heterocycles. The zero-order chi connectivity index (χ0) is 20.4. The number of H-pyrrole nitrogens is 1. The maximum atomic E-state index is 13.0. The molecule has 150 valence electrons. The van der Waals surface area contributed by atoms with E-state index in [0.29, 0.717) is 12.2 Å². The summed E-state index contributed by atoms with van der Waals surface area (Å²) in [6.45, 7) is 0.305. The molecular weight excluding hydrogens is 370 g/mol. The SMILES string of the molecule is O=C(Cc1[nH]nc2ccccc12)N1CC[C@H](O)[C@](Cc2ccccc2)(C(=O)O)C1. The Labute approximate surface area is 168 Å². The van der Waals surface area contributed by atoms with Gasteiger partial charge in [0.25, 0.3) is 0 Å². The highest BCUT2D eigenvalue weighted by Crippen LogP contribution is 2.35. The van der Waals surface area contributed by atoms with Crippen molar-refractivity contribution < 1.29 is 19.8 Å². The Morgan fingerprint density at radius 1 is 1.14 bits per heavy atom. The third kappa shape index (κ3) is 3.61. The number of nitrogens with one attached hydrogen (secondary N) is 1. The van der Waals surface area contributed by atoms with Crippen LogP contribution in [0.1, 0.15) is 17.7 Å². The molecule has 29 heavy (non-hydrogen) atoms. The summed E-state index contributed by atoms with van der Waals surface area (Å²) in [5.41, 5.74) is 0.891. The van der Waals surface area contributed by atoms with Crippen molar-refractivity contribution in [1.82, 2.24) is 15.1 Å². The van der Waals surface area contributed by atoms with Crippen molar-refractivity contribution >= 4 is 22.8 Å². The molecule has 0 radical (unpaired) electrons. The molecule has 0 unspecified atom stereocenters. The number of nitrogens with zero attached hydrogens (tertiary/aromatic N) is 2. The van der Waals surface area contributed by atoms with Gasteiger partial charge in [0, 0.05) is 18.5 Å². The normalized spacial score (nSPS) is 22.0. The van der Waals surface area contributed by atoms with Crippen LogP contribution in [0.25, 0.3) is 10.9 Å². The molecule has 1 saturated heterocycles. The number of carbonyl (C=O) groups excluding carboxylic acids is 1. The monoisotopic (exact) mass is 393 g/mol. The van der Waals surface area contributed by atoms with Gasteiger partial charge >= 0.3 is 5.97 Å². The van der Waals surface area contributed by atoms with E-state index in [9.17, 15) is 19.8 Å². The second-order valence-corrected chi connectivity index (χ2v) is 7.64. The molecule has 3 aromatic rings. The molecule has 2 atom stereocenters. The van der Waals surface area contributed by atoms with E-state index >= 15 is 0 Å². The van der Waals surface area contributed by atoms with E-state index in [1.807, 2.05) is 54.6 Å². The fourth-order valence-electron chi connectivity index (χ4n) is 4.12. The summed E-state index contributed by atoms with van der Waals surface area (Å²) in [5, 5.41) is 28.6. The van der Waals surface area contributed by atoms with Gasteiger partial charge in [-0.2, -0.15) is 5.10 Å². The Bertz CT molecular complexity index is 1030. The van der Waals surface area contributed by atoms with Gasteiger partial charge < -0.3 is 15.1 Å². The number of aromatic nitrogens is 2. The number of piperidine rings is 1. The number of carboxylic acid groups (broad SMARTS) is 1. The molecule has 7 heteroatoms. The maximum Gasteiger partial charge on any atom is 0.314 e. The quantitative estimate of drug-likeness (QED) is 0.615. The highest BCUT2D eigenvalue weighted by Gasteiger charge is 2.50. The summed E-state index contributed by atoms with van der Waals surface area (Å²) in [4.78, 5) is 26.8. The minimum absolute atomic E-state index is 0.0245. The van der Waals surface area contributed by atoms with Crippen LogP contribution in [0.3, 0.4) is 0 Å². The number of likely N-dealkylation sites (tertiary alicyclic amines) is 1. The van der Waals surface area contributed by atoms with Crippen LogP contribution in [0.4, 0.5) is 0 Å². The number of hydrogen-bond donors (Lipinski definition) is 3. The minimum Gasteiger partial charge on any atom is -0.481 e. The zero-order valence-electron chi connectivity index (χ0n) is 15.9. The van der Waals surface area contributed by atoms with Crippen LogP contribution in [0.5, 0.6) is 0 Å². The zero-order valence-corrected chi connectivity index (χ0v) is 15.9. The third-order valence-electron chi connectivity index (χ3n) is 5.79. The molecule has 4 rings (SSSR count). The lowest BCUT2D eigenvalue weighted by atomic mass is 9.72. The summed E-state index contributed by atoms with van der Waals surface area (Å²) in [6.07, 6.45) is -0.509. The maximum absolute atomic E-state index is 13.0. The average Bonchev–Trinajstić information content (AvgIpc) is 3.13. The van der Waals surface area contributed by atoms with Gasteiger partial charge in [0.2, 0.25) is 5.91 Å². The van der Waals surface area contributed by atoms with E-state index in [-0.39, 0.29) is 31.7 Å². The molecule has 0 bridgehead atoms. The van der Waals surface area contributed by atoms with E-state index in [1.54, 1.807) is 4.90 Å². The number of aromatic amines is 1. The van der Waals surface area contributed by atoms with Crippen LogP contribution >= 0.6 is 0 Å². The largest absolute Gasteiger partial charge is 0.481 e. The molecule has 3 N–H and O–H groups in total. The Morgan fingerprint density at radius 2 is 1.86 bits per heavy atom. The number of rotatable bonds is 5. The van der Waals surface area contributed by atoms with Crippen LogP contribution in [-0.4, -0.2) is 56.4 Å². The number of benzene rings is 2. The molecule has 2 aromatic carbocycles. The highest BCUT2D eigenvalue weighted by atomic mass is 16.4. The molecule has 7 nitrogen and oxygen atoms in total. The van der Waals surface area contributed by atoms with Crippen LogP contribution in [-0.2, 0) is 22.4 Å². The van der Waals surface area contributed by atoms with Crippen molar-refractivity contribution in [2.75, 3.05) is 13.1 Å². The van der Waals surface area contributed by atoms with Gasteiger partial charge in [-0.1, -0.05) is 48.5 Å². The Balaban J connectivity index is 1.56. The van der Waals surface area contributed by atoms with Gasteiger partial charge in [-0.05, 0) is 24.5 Å². The molecule has 1 amide bonds. The lowest BCUT2D eigenvalue weighted by Crippen LogP contribution is -2.58. The van der Waals surface area contributed by atoms with Crippen molar-refractivity contribution in [2.24, 2.45) is 5.41 Å². The average molecular weight is 393 g/mol. The fraction of sp³-hybridized carbons (Fsp3) is 0.318. The van der Waals surface area contributed by atoms with Crippen LogP contribution in [0.2, 0.25) is 0 Å². The molecule has 0 saturated carbocycles. The standard InChI is InChI=1S/C22H23N3O4/c26-19-10-11-25(14-22(19,21(28)29)13-15-6-2-1-3-7-15)20(27)12-18-16-8-4-5-9-17(16)23-24-18/h1-9,19,26H,10-14H2,(H,23,24)(H,28,29)/t19-,22+/m0/s1. The van der Waals surface area contributed by atoms with E-state index < -0.39 is 17.5 Å². The lowest BCUT2D eigenvalue weighted by Gasteiger charge is -2.43. The van der Waals surface area contributed by atoms with Gasteiger partial charge in [0.05, 0.1) is 23.7 Å². The van der Waals surface area contributed by atoms with Crippen molar-refractivity contribution in [2.45, 2.75) is 25.4 Å². The van der Waals surface area contributed by atoms with Crippen molar-refractivity contribution in [3.8, 4) is 0 Å². The Kier molecular flexibility index (Phi) is 5.07. The number of carbonyl (C=O) groups is 2. The van der Waals surface area contributed by atoms with E-state index in [4.69, 9.17) is 0 Å². The van der Waals surface area contributed by atoms with E-state index in [1.165, 1.54) is 0 Å². The molecule has 2 heterocycles. The molecule has 0 aliphatic carbocycles. The van der Waals surface area contributed by atoms with Crippen LogP contribution in [0, 0.1) is 5.41 Å². The number of aliphatic carboxylic acids is 1. The van der Waals surface area contributed by atoms with Gasteiger partial charge in [-0.3, -0.25) is 14.7 Å². The first-order valence-corrected chi connectivity index (χ1v) is 9.65. The molecule has 1 aliphatic heterocycles. The predicted octanol–water partition coefficient (Wildman–Crippen LogP) is 2.01. The molecular formula is C22H23N3O4. The fourth-order valence-corrected chi connectivity index (χ4v) is 4.12. The van der Waals surface area contributed by atoms with Gasteiger partial charge in [0.1, 0.15) is 5.41 Å². The second-order valence-electron chi connectivity index (χ2n) is 7.64. The van der Waals surface area contributed by atoms with Crippen molar-refractivity contribution in [1.29, 1.82) is 0 Å². The first-order chi connectivity index (χ1) is 14.0. The summed E-state index contributed by atoms with van der Waals surface area (Å²) >= 11 is 0. The molecule has 1 aliphatic rings. The number of fused-ring (bicyclic) bond motifs is 1. The Hall–Kier alpha value is -3.19. The summed E-state index contributed by atoms with van der Waals surface area (Å²) in [7, 11) is 0. The van der Waals surface area contributed by atoms with Crippen LogP contribution in [0.15, 0.2) is 54.6 Å². The number of aliphatic hydroxyl groups is 1. The first-order valence-electron chi connectivity index (χ1n) is 9.65. The Morgan fingerprint density at radius 3 is 2.62 bits per heavy atom. The topological polar surface area (TPSA) is 107 Å². The van der Waals surface area contributed by atoms with Crippen molar-refractivity contribution in [3.05, 3.63) is 65.9 Å². The third-order valence-corrected chi connectivity index (χ3v) is 5.79. The van der Waals surface area contributed by atoms with E-state index in [2.05, 4.69) is 10.2 Å². The number of aliphatic hydroxyl groups excluding tert-OH is 1. The second kappa shape index (κ2) is 7.67. The van der Waals surface area contributed by atoms with Crippen molar-refractivity contribution in [3.63, 3.8) is 0 Å². The van der Waals surface area contributed by atoms with Crippen LogP contribution < -0.4 is 0 Å². The minimum atomic E-state index is -1.43. The predicted molar refractivity (Wildman–Crippen MR) is 107 cm³/mol. The molecule has 1 fully saturated rings. The van der Waals surface area contributed by atoms with Gasteiger partial charge in [0.15, 0.2) is 0 Å². The summed E-state index contributed by atoms with van der Waals surface area (Å²) in [6, 6.07) is 16.8. The smallest absolute Gasteiger partial charge is 0.314 e. The van der Waals surface area contributed by atoms with E-state index in [0.717, 1.165) is 16.5 Å². The number of carboxylic acids is 1. The van der Waals surface area contributed by atoms with Gasteiger partial charge in [-0.25, -0.2) is 0 Å². The number of para-hydroxylation sites is 1. The van der Waals surface area contributed by atoms with Gasteiger partial charge in [-0.15, -0.1) is 0 Å². The summed E-state index contributed by atoms with van der Waals surface area (Å²) < 4.78 is 0. The molecule has 0 spiro atoms.